The lowest BCUT2D eigenvalue weighted by molar-refractivity contribution is 0.0950. The second kappa shape index (κ2) is 9.15. The van der Waals surface area contributed by atoms with Gasteiger partial charge in [0.25, 0.3) is 11.8 Å². The van der Waals surface area contributed by atoms with E-state index in [2.05, 4.69) is 16.0 Å². The van der Waals surface area contributed by atoms with Crippen LogP contribution in [0, 0.1) is 5.92 Å². The van der Waals surface area contributed by atoms with Gasteiger partial charge in [0.2, 0.25) is 0 Å². The van der Waals surface area contributed by atoms with Gasteiger partial charge in [0.15, 0.2) is 0 Å². The van der Waals surface area contributed by atoms with Crippen LogP contribution in [0.3, 0.4) is 0 Å². The highest BCUT2D eigenvalue weighted by Crippen LogP contribution is 2.14. The number of carbonyl (C=O) groups excluding carboxylic acids is 2. The standard InChI is InChI=1S/C21H25N3O2/c25-20(23-14-12-16-5-4-13-22-15-16)18-8-10-19(11-9-18)24-21(26)17-6-2-1-3-7-17/h1-3,6-11,16,22H,4-5,12-15H2,(H,23,25)(H,24,26). The predicted octanol–water partition coefficient (Wildman–Crippen LogP) is 3.06. The molecule has 1 fully saturated rings. The Morgan fingerprint density at radius 3 is 2.38 bits per heavy atom. The molecule has 0 bridgehead atoms. The van der Waals surface area contributed by atoms with Crippen LogP contribution in [0.2, 0.25) is 0 Å². The molecule has 26 heavy (non-hydrogen) atoms. The number of anilines is 1. The first-order chi connectivity index (χ1) is 12.7. The molecule has 3 rings (SSSR count). The Bertz CT molecular complexity index is 723. The van der Waals surface area contributed by atoms with Crippen molar-refractivity contribution in [1.82, 2.24) is 10.6 Å². The normalized spacial score (nSPS) is 16.7. The van der Waals surface area contributed by atoms with E-state index in [1.165, 1.54) is 12.8 Å². The van der Waals surface area contributed by atoms with Gasteiger partial charge in [-0.25, -0.2) is 0 Å². The molecule has 2 aromatic rings. The average molecular weight is 351 g/mol. The van der Waals surface area contributed by atoms with Crippen molar-refractivity contribution in [3.63, 3.8) is 0 Å². The van der Waals surface area contributed by atoms with Gasteiger partial charge >= 0.3 is 0 Å². The van der Waals surface area contributed by atoms with Crippen molar-refractivity contribution in [3.05, 3.63) is 65.7 Å². The molecular formula is C21H25N3O2. The van der Waals surface area contributed by atoms with E-state index < -0.39 is 0 Å². The van der Waals surface area contributed by atoms with Crippen LogP contribution in [0.1, 0.15) is 40.0 Å². The number of rotatable bonds is 6. The van der Waals surface area contributed by atoms with E-state index in [0.29, 0.717) is 29.3 Å². The smallest absolute Gasteiger partial charge is 0.255 e. The molecule has 0 spiro atoms. The molecule has 0 radical (unpaired) electrons. The number of hydrogen-bond acceptors (Lipinski definition) is 3. The molecule has 2 aromatic carbocycles. The van der Waals surface area contributed by atoms with E-state index in [1.54, 1.807) is 36.4 Å². The zero-order chi connectivity index (χ0) is 18.2. The maximum Gasteiger partial charge on any atom is 0.255 e. The van der Waals surface area contributed by atoms with Crippen molar-refractivity contribution in [1.29, 1.82) is 0 Å². The van der Waals surface area contributed by atoms with E-state index in [1.807, 2.05) is 18.2 Å². The first kappa shape index (κ1) is 18.1. The summed E-state index contributed by atoms with van der Waals surface area (Å²) in [7, 11) is 0. The van der Waals surface area contributed by atoms with Gasteiger partial charge < -0.3 is 16.0 Å². The molecule has 0 aliphatic carbocycles. The molecule has 5 nitrogen and oxygen atoms in total. The molecule has 3 N–H and O–H groups in total. The number of piperidine rings is 1. The Morgan fingerprint density at radius 1 is 0.962 bits per heavy atom. The summed E-state index contributed by atoms with van der Waals surface area (Å²) in [6.07, 6.45) is 3.46. The largest absolute Gasteiger partial charge is 0.352 e. The quantitative estimate of drug-likeness (QED) is 0.749. The van der Waals surface area contributed by atoms with E-state index in [4.69, 9.17) is 0 Å². The number of amides is 2. The molecule has 1 aliphatic rings. The van der Waals surface area contributed by atoms with Gasteiger partial charge in [-0.15, -0.1) is 0 Å². The Hall–Kier alpha value is -2.66. The second-order valence-corrected chi connectivity index (χ2v) is 6.65. The van der Waals surface area contributed by atoms with Crippen LogP contribution in [0.5, 0.6) is 0 Å². The van der Waals surface area contributed by atoms with Crippen LogP contribution < -0.4 is 16.0 Å². The Balaban J connectivity index is 1.47. The van der Waals surface area contributed by atoms with Crippen LogP contribution in [0.4, 0.5) is 5.69 Å². The van der Waals surface area contributed by atoms with Gasteiger partial charge in [-0.2, -0.15) is 0 Å². The van der Waals surface area contributed by atoms with Crippen molar-refractivity contribution in [2.24, 2.45) is 5.92 Å². The highest BCUT2D eigenvalue weighted by molar-refractivity contribution is 6.04. The minimum atomic E-state index is -0.163. The van der Waals surface area contributed by atoms with Crippen LogP contribution in [-0.4, -0.2) is 31.4 Å². The fraction of sp³-hybridized carbons (Fsp3) is 0.333. The number of hydrogen-bond donors (Lipinski definition) is 3. The molecule has 1 heterocycles. The summed E-state index contributed by atoms with van der Waals surface area (Å²) in [4.78, 5) is 24.4. The van der Waals surface area contributed by atoms with Gasteiger partial charge in [0, 0.05) is 23.4 Å². The zero-order valence-corrected chi connectivity index (χ0v) is 14.8. The summed E-state index contributed by atoms with van der Waals surface area (Å²) < 4.78 is 0. The summed E-state index contributed by atoms with van der Waals surface area (Å²) in [6, 6.07) is 16.0. The summed E-state index contributed by atoms with van der Waals surface area (Å²) in [5.41, 5.74) is 1.87. The molecule has 0 aromatic heterocycles. The molecule has 1 unspecified atom stereocenters. The molecule has 0 saturated carbocycles. The van der Waals surface area contributed by atoms with Gasteiger partial charge in [-0.3, -0.25) is 9.59 Å². The average Bonchev–Trinajstić information content (AvgIpc) is 2.70. The maximum atomic E-state index is 12.2. The fourth-order valence-corrected chi connectivity index (χ4v) is 3.16. The van der Waals surface area contributed by atoms with Gasteiger partial charge in [-0.05, 0) is 74.7 Å². The molecule has 2 amide bonds. The van der Waals surface area contributed by atoms with Gasteiger partial charge in [0.05, 0.1) is 0 Å². The molecule has 1 saturated heterocycles. The highest BCUT2D eigenvalue weighted by Gasteiger charge is 2.13. The van der Waals surface area contributed by atoms with Crippen molar-refractivity contribution in [2.45, 2.75) is 19.3 Å². The topological polar surface area (TPSA) is 70.2 Å². The molecule has 1 aliphatic heterocycles. The zero-order valence-electron chi connectivity index (χ0n) is 14.8. The van der Waals surface area contributed by atoms with E-state index in [0.717, 1.165) is 19.5 Å². The number of benzene rings is 2. The summed E-state index contributed by atoms with van der Waals surface area (Å²) in [5.74, 6) is 0.415. The molecular weight excluding hydrogens is 326 g/mol. The van der Waals surface area contributed by atoms with Crippen LogP contribution >= 0.6 is 0 Å². The summed E-state index contributed by atoms with van der Waals surface area (Å²) >= 11 is 0. The first-order valence-corrected chi connectivity index (χ1v) is 9.18. The minimum absolute atomic E-state index is 0.0743. The Kier molecular flexibility index (Phi) is 6.39. The number of nitrogens with one attached hydrogen (secondary N) is 3. The highest BCUT2D eigenvalue weighted by atomic mass is 16.2. The molecule has 5 heteroatoms. The summed E-state index contributed by atoms with van der Waals surface area (Å²) in [5, 5.41) is 9.20. The Labute approximate surface area is 154 Å². The van der Waals surface area contributed by atoms with Gasteiger partial charge in [0.1, 0.15) is 0 Å². The van der Waals surface area contributed by atoms with Crippen LogP contribution in [0.15, 0.2) is 54.6 Å². The fourth-order valence-electron chi connectivity index (χ4n) is 3.16. The molecule has 136 valence electrons. The van der Waals surface area contributed by atoms with Crippen LogP contribution in [-0.2, 0) is 0 Å². The van der Waals surface area contributed by atoms with E-state index in [9.17, 15) is 9.59 Å². The lowest BCUT2D eigenvalue weighted by Gasteiger charge is -2.22. The lowest BCUT2D eigenvalue weighted by Crippen LogP contribution is -2.33. The van der Waals surface area contributed by atoms with Crippen molar-refractivity contribution in [3.8, 4) is 0 Å². The lowest BCUT2D eigenvalue weighted by atomic mass is 9.96. The van der Waals surface area contributed by atoms with Gasteiger partial charge in [-0.1, -0.05) is 18.2 Å². The third kappa shape index (κ3) is 5.17. The van der Waals surface area contributed by atoms with Crippen molar-refractivity contribution < 1.29 is 9.59 Å². The molecule has 1 atom stereocenters. The monoisotopic (exact) mass is 351 g/mol. The SMILES string of the molecule is O=C(NCCC1CCCNC1)c1ccc(NC(=O)c2ccccc2)cc1. The van der Waals surface area contributed by atoms with E-state index >= 15 is 0 Å². The third-order valence-corrected chi connectivity index (χ3v) is 4.68. The predicted molar refractivity (Wildman–Crippen MR) is 103 cm³/mol. The van der Waals surface area contributed by atoms with Crippen molar-refractivity contribution >= 4 is 17.5 Å². The number of carbonyl (C=O) groups is 2. The van der Waals surface area contributed by atoms with Crippen molar-refractivity contribution in [2.75, 3.05) is 25.0 Å². The second-order valence-electron chi connectivity index (χ2n) is 6.65. The maximum absolute atomic E-state index is 12.2. The third-order valence-electron chi connectivity index (χ3n) is 4.68. The minimum Gasteiger partial charge on any atom is -0.352 e. The van der Waals surface area contributed by atoms with E-state index in [-0.39, 0.29) is 11.8 Å². The van der Waals surface area contributed by atoms with Crippen LogP contribution in [0.25, 0.3) is 0 Å². The Morgan fingerprint density at radius 2 is 1.69 bits per heavy atom. The summed E-state index contributed by atoms with van der Waals surface area (Å²) in [6.45, 7) is 2.85. The first-order valence-electron chi connectivity index (χ1n) is 9.18.